The molecule has 2 aliphatic heterocycles. The van der Waals surface area contributed by atoms with E-state index in [9.17, 15) is 9.59 Å². The van der Waals surface area contributed by atoms with Gasteiger partial charge in [0.05, 0.1) is 39.4 Å². The molecule has 0 bridgehead atoms. The van der Waals surface area contributed by atoms with Gasteiger partial charge in [0.25, 0.3) is 0 Å². The van der Waals surface area contributed by atoms with E-state index >= 15 is 0 Å². The molecule has 1 N–H and O–H groups in total. The molecule has 1 aliphatic carbocycles. The van der Waals surface area contributed by atoms with Crippen molar-refractivity contribution in [1.29, 1.82) is 0 Å². The van der Waals surface area contributed by atoms with E-state index < -0.39 is 29.8 Å². The summed E-state index contributed by atoms with van der Waals surface area (Å²) in [5.74, 6) is 0.00954. The Balaban J connectivity index is 1.38. The summed E-state index contributed by atoms with van der Waals surface area (Å²) in [6.07, 6.45) is 0.874. The van der Waals surface area contributed by atoms with E-state index in [1.165, 1.54) is 7.11 Å². The van der Waals surface area contributed by atoms with Gasteiger partial charge in [0.2, 0.25) is 12.5 Å². The molecule has 1 aromatic heterocycles. The molecule has 10 heteroatoms. The monoisotopic (exact) mass is 557 g/mol. The van der Waals surface area contributed by atoms with Crippen LogP contribution in [0.3, 0.4) is 0 Å². The smallest absolute Gasteiger partial charge is 0.340 e. The standard InChI is InChI=1S/C31H27NO9/c1-35-24-8-15(9-25(36-2)29(24)37-3)26-17-10-22-23(40-14-39-22)11-18(17)28(20-13-38-31(34)27(20)26)41-30(33)19-12-32-21-7-5-4-6-16(19)21/h4-12,20,26-28,32H,13-14H2,1-3H3/t20-,26+,27-,28-/m0/s1. The van der Waals surface area contributed by atoms with Crippen LogP contribution in [0, 0.1) is 11.8 Å². The predicted octanol–water partition coefficient (Wildman–Crippen LogP) is 4.76. The molecule has 4 atom stereocenters. The number of hydrogen-bond donors (Lipinski definition) is 1. The maximum absolute atomic E-state index is 13.6. The van der Waals surface area contributed by atoms with Crippen molar-refractivity contribution in [1.82, 2.24) is 4.98 Å². The first kappa shape index (κ1) is 25.1. The Morgan fingerprint density at radius 1 is 0.902 bits per heavy atom. The summed E-state index contributed by atoms with van der Waals surface area (Å²) in [6.45, 7) is 0.173. The van der Waals surface area contributed by atoms with Gasteiger partial charge in [-0.05, 0) is 41.5 Å². The van der Waals surface area contributed by atoms with Crippen molar-refractivity contribution >= 4 is 22.8 Å². The molecule has 1 fully saturated rings. The molecular formula is C31H27NO9. The van der Waals surface area contributed by atoms with Gasteiger partial charge in [0.15, 0.2) is 23.0 Å². The lowest BCUT2D eigenvalue weighted by atomic mass is 9.66. The van der Waals surface area contributed by atoms with Crippen molar-refractivity contribution in [3.05, 3.63) is 77.0 Å². The van der Waals surface area contributed by atoms with E-state index in [-0.39, 0.29) is 19.4 Å². The summed E-state index contributed by atoms with van der Waals surface area (Å²) in [6, 6.07) is 14.9. The van der Waals surface area contributed by atoms with Gasteiger partial charge in [-0.25, -0.2) is 4.79 Å². The first-order chi connectivity index (χ1) is 20.0. The summed E-state index contributed by atoms with van der Waals surface area (Å²) >= 11 is 0. The third kappa shape index (κ3) is 3.85. The SMILES string of the molecule is COc1cc([C@@H]2c3cc4c(cc3[C@H](OC(=O)c3c[nH]c5ccccc35)[C@H]3COC(=O)[C@H]23)OCO4)cc(OC)c1OC. The Labute approximate surface area is 235 Å². The van der Waals surface area contributed by atoms with Crippen LogP contribution in [-0.2, 0) is 14.3 Å². The molecule has 0 radical (unpaired) electrons. The van der Waals surface area contributed by atoms with Gasteiger partial charge in [0.1, 0.15) is 6.10 Å². The molecular weight excluding hydrogens is 530 g/mol. The fourth-order valence-electron chi connectivity index (χ4n) is 6.36. The molecule has 0 spiro atoms. The number of methoxy groups -OCH3 is 3. The van der Waals surface area contributed by atoms with Crippen molar-refractivity contribution in [3.8, 4) is 28.7 Å². The van der Waals surface area contributed by atoms with E-state index in [1.54, 1.807) is 20.4 Å². The summed E-state index contributed by atoms with van der Waals surface area (Å²) < 4.78 is 40.1. The van der Waals surface area contributed by atoms with Crippen LogP contribution in [0.2, 0.25) is 0 Å². The highest BCUT2D eigenvalue weighted by Gasteiger charge is 2.54. The first-order valence-electron chi connectivity index (χ1n) is 13.2. The Bertz CT molecular complexity index is 1670. The molecule has 3 aromatic carbocycles. The van der Waals surface area contributed by atoms with Crippen molar-refractivity contribution in [3.63, 3.8) is 0 Å². The van der Waals surface area contributed by atoms with Gasteiger partial charge in [-0.2, -0.15) is 0 Å². The summed E-state index contributed by atoms with van der Waals surface area (Å²) in [5.41, 5.74) is 3.49. The number of carbonyl (C=O) groups is 2. The van der Waals surface area contributed by atoms with Crippen molar-refractivity contribution in [2.75, 3.05) is 34.7 Å². The fourth-order valence-corrected chi connectivity index (χ4v) is 6.36. The number of ether oxygens (including phenoxy) is 7. The molecule has 1 saturated heterocycles. The molecule has 0 amide bonds. The quantitative estimate of drug-likeness (QED) is 0.335. The number of rotatable bonds is 6. The minimum atomic E-state index is -0.768. The largest absolute Gasteiger partial charge is 0.493 e. The molecule has 0 saturated carbocycles. The van der Waals surface area contributed by atoms with Gasteiger partial charge in [-0.15, -0.1) is 0 Å². The lowest BCUT2D eigenvalue weighted by Gasteiger charge is -2.38. The Morgan fingerprint density at radius 2 is 1.61 bits per heavy atom. The zero-order valence-electron chi connectivity index (χ0n) is 22.6. The number of para-hydroxylation sites is 1. The van der Waals surface area contributed by atoms with E-state index in [0.29, 0.717) is 34.3 Å². The molecule has 3 aliphatic rings. The van der Waals surface area contributed by atoms with E-state index in [1.807, 2.05) is 48.5 Å². The first-order valence-corrected chi connectivity index (χ1v) is 13.2. The lowest BCUT2D eigenvalue weighted by Crippen LogP contribution is -2.36. The van der Waals surface area contributed by atoms with Gasteiger partial charge in [0, 0.05) is 34.5 Å². The number of cyclic esters (lactones) is 1. The summed E-state index contributed by atoms with van der Waals surface area (Å²) in [5, 5.41) is 0.754. The van der Waals surface area contributed by atoms with Gasteiger partial charge in [-0.1, -0.05) is 18.2 Å². The van der Waals surface area contributed by atoms with Gasteiger partial charge >= 0.3 is 11.9 Å². The summed E-state index contributed by atoms with van der Waals surface area (Å²) in [7, 11) is 4.62. The van der Waals surface area contributed by atoms with Gasteiger partial charge < -0.3 is 38.1 Å². The van der Waals surface area contributed by atoms with Crippen LogP contribution >= 0.6 is 0 Å². The van der Waals surface area contributed by atoms with Gasteiger partial charge in [-0.3, -0.25) is 4.79 Å². The molecule has 0 unspecified atom stereocenters. The zero-order valence-corrected chi connectivity index (χ0v) is 22.6. The van der Waals surface area contributed by atoms with Crippen LogP contribution in [0.4, 0.5) is 0 Å². The highest BCUT2D eigenvalue weighted by Crippen LogP contribution is 2.56. The molecule has 3 heterocycles. The van der Waals surface area contributed by atoms with Crippen LogP contribution < -0.4 is 23.7 Å². The second kappa shape index (κ2) is 9.65. The number of nitrogens with one attached hydrogen (secondary N) is 1. The predicted molar refractivity (Wildman–Crippen MR) is 145 cm³/mol. The zero-order chi connectivity index (χ0) is 28.2. The van der Waals surface area contributed by atoms with Crippen molar-refractivity contribution < 1.29 is 42.7 Å². The number of H-pyrrole nitrogens is 1. The molecule has 7 rings (SSSR count). The molecule has 210 valence electrons. The van der Waals surface area contributed by atoms with E-state index in [4.69, 9.17) is 33.2 Å². The van der Waals surface area contributed by atoms with Crippen LogP contribution in [0.1, 0.15) is 39.1 Å². The average Bonchev–Trinajstić information content (AvgIpc) is 3.74. The number of carbonyl (C=O) groups excluding carboxylic acids is 2. The number of aromatic nitrogens is 1. The van der Waals surface area contributed by atoms with E-state index in [2.05, 4.69) is 4.98 Å². The van der Waals surface area contributed by atoms with Crippen molar-refractivity contribution in [2.45, 2.75) is 12.0 Å². The minimum absolute atomic E-state index is 0.0712. The second-order valence-corrected chi connectivity index (χ2v) is 10.2. The normalized spacial score (nSPS) is 22.1. The van der Waals surface area contributed by atoms with Crippen molar-refractivity contribution in [2.24, 2.45) is 11.8 Å². The Morgan fingerprint density at radius 3 is 2.32 bits per heavy atom. The molecule has 41 heavy (non-hydrogen) atoms. The Hall–Kier alpha value is -4.86. The molecule has 4 aromatic rings. The van der Waals surface area contributed by atoms with E-state index in [0.717, 1.165) is 27.6 Å². The summed E-state index contributed by atoms with van der Waals surface area (Å²) in [4.78, 5) is 30.1. The minimum Gasteiger partial charge on any atom is -0.493 e. The third-order valence-corrected chi connectivity index (χ3v) is 8.21. The highest BCUT2D eigenvalue weighted by molar-refractivity contribution is 6.04. The number of esters is 2. The number of benzene rings is 3. The Kier molecular flexibility index (Phi) is 5.92. The maximum atomic E-state index is 13.6. The van der Waals surface area contributed by atoms with Crippen LogP contribution in [0.5, 0.6) is 28.7 Å². The van der Waals surface area contributed by atoms with Crippen LogP contribution in [0.15, 0.2) is 54.7 Å². The van der Waals surface area contributed by atoms with Crippen LogP contribution in [-0.4, -0.2) is 51.7 Å². The maximum Gasteiger partial charge on any atom is 0.340 e. The topological polar surface area (TPSA) is 115 Å². The van der Waals surface area contributed by atoms with Crippen LogP contribution in [0.25, 0.3) is 10.9 Å². The number of fused-ring (bicyclic) bond motifs is 4. The average molecular weight is 558 g/mol. The molecule has 10 nitrogen and oxygen atoms in total. The lowest BCUT2D eigenvalue weighted by molar-refractivity contribution is -0.141. The third-order valence-electron chi connectivity index (χ3n) is 8.21. The highest BCUT2D eigenvalue weighted by atomic mass is 16.7. The fraction of sp³-hybridized carbons (Fsp3) is 0.290. The number of hydrogen-bond acceptors (Lipinski definition) is 9. The second-order valence-electron chi connectivity index (χ2n) is 10.2. The number of aromatic amines is 1.